The van der Waals surface area contributed by atoms with Crippen LogP contribution >= 0.6 is 0 Å². The summed E-state index contributed by atoms with van der Waals surface area (Å²) in [7, 11) is 1.88. The van der Waals surface area contributed by atoms with Crippen molar-refractivity contribution in [2.75, 3.05) is 0 Å². The third-order valence-electron chi connectivity index (χ3n) is 2.32. The van der Waals surface area contributed by atoms with E-state index >= 15 is 0 Å². The minimum Gasteiger partial charge on any atom is -0.292 e. The van der Waals surface area contributed by atoms with Crippen molar-refractivity contribution in [3.05, 3.63) is 17.0 Å². The standard InChI is InChI=1S/C8H10N2O/c1-5-6-3-4-7(11)8(6)9-10(5)2/h3-4H2,1-2H3. The predicted octanol–water partition coefficient (Wildman–Crippen LogP) is 0.857. The fourth-order valence-corrected chi connectivity index (χ4v) is 1.53. The lowest BCUT2D eigenvalue weighted by Crippen LogP contribution is -1.98. The zero-order chi connectivity index (χ0) is 8.01. The molecule has 1 aromatic heterocycles. The first kappa shape index (κ1) is 6.58. The van der Waals surface area contributed by atoms with Gasteiger partial charge in [0, 0.05) is 24.7 Å². The number of hydrogen-bond acceptors (Lipinski definition) is 2. The van der Waals surface area contributed by atoms with Gasteiger partial charge in [0.1, 0.15) is 5.69 Å². The molecule has 1 aliphatic rings. The van der Waals surface area contributed by atoms with Crippen LogP contribution in [0.25, 0.3) is 0 Å². The summed E-state index contributed by atoms with van der Waals surface area (Å²) in [5, 5.41) is 4.14. The van der Waals surface area contributed by atoms with Crippen molar-refractivity contribution in [1.29, 1.82) is 0 Å². The van der Waals surface area contributed by atoms with E-state index in [2.05, 4.69) is 5.10 Å². The van der Waals surface area contributed by atoms with Crippen molar-refractivity contribution in [2.45, 2.75) is 19.8 Å². The summed E-state index contributed by atoms with van der Waals surface area (Å²) in [5.41, 5.74) is 2.98. The Morgan fingerprint density at radius 1 is 1.45 bits per heavy atom. The molecule has 1 aliphatic carbocycles. The van der Waals surface area contributed by atoms with Crippen molar-refractivity contribution < 1.29 is 4.79 Å². The number of nitrogens with zero attached hydrogens (tertiary/aromatic N) is 2. The first-order valence-electron chi connectivity index (χ1n) is 3.76. The highest BCUT2D eigenvalue weighted by Gasteiger charge is 2.25. The second-order valence-electron chi connectivity index (χ2n) is 2.96. The molecule has 0 aromatic carbocycles. The number of hydrogen-bond donors (Lipinski definition) is 0. The van der Waals surface area contributed by atoms with Crippen molar-refractivity contribution in [3.8, 4) is 0 Å². The molecule has 0 N–H and O–H groups in total. The van der Waals surface area contributed by atoms with Gasteiger partial charge in [-0.2, -0.15) is 5.10 Å². The molecule has 0 saturated heterocycles. The number of ketones is 1. The minimum absolute atomic E-state index is 0.198. The van der Waals surface area contributed by atoms with Crippen LogP contribution in [0.5, 0.6) is 0 Å². The molecule has 0 amide bonds. The van der Waals surface area contributed by atoms with Crippen LogP contribution in [0.2, 0.25) is 0 Å². The molecular weight excluding hydrogens is 140 g/mol. The molecule has 0 fully saturated rings. The van der Waals surface area contributed by atoms with Crippen LogP contribution in [-0.2, 0) is 13.5 Å². The Balaban J connectivity index is 2.66. The normalized spacial score (nSPS) is 15.6. The Kier molecular flexibility index (Phi) is 1.16. The Bertz CT molecular complexity index is 325. The van der Waals surface area contributed by atoms with E-state index in [4.69, 9.17) is 0 Å². The SMILES string of the molecule is Cc1c2c(nn1C)C(=O)CC2. The van der Waals surface area contributed by atoms with Gasteiger partial charge in [0.2, 0.25) is 0 Å². The fraction of sp³-hybridized carbons (Fsp3) is 0.500. The summed E-state index contributed by atoms with van der Waals surface area (Å²) in [5.74, 6) is 0.198. The molecule has 3 heteroatoms. The van der Waals surface area contributed by atoms with Crippen molar-refractivity contribution in [2.24, 2.45) is 7.05 Å². The van der Waals surface area contributed by atoms with Gasteiger partial charge >= 0.3 is 0 Å². The van der Waals surface area contributed by atoms with Crippen LogP contribution < -0.4 is 0 Å². The first-order chi connectivity index (χ1) is 5.20. The van der Waals surface area contributed by atoms with Gasteiger partial charge in [0.15, 0.2) is 5.78 Å². The fourth-order valence-electron chi connectivity index (χ4n) is 1.53. The molecule has 2 rings (SSSR count). The van der Waals surface area contributed by atoms with E-state index in [-0.39, 0.29) is 5.78 Å². The minimum atomic E-state index is 0.198. The van der Waals surface area contributed by atoms with E-state index < -0.39 is 0 Å². The summed E-state index contributed by atoms with van der Waals surface area (Å²) in [6, 6.07) is 0. The van der Waals surface area contributed by atoms with Gasteiger partial charge in [-0.1, -0.05) is 0 Å². The molecule has 0 bridgehead atoms. The Hall–Kier alpha value is -1.12. The molecule has 0 atom stereocenters. The quantitative estimate of drug-likeness (QED) is 0.549. The molecule has 0 radical (unpaired) electrons. The number of fused-ring (bicyclic) bond motifs is 1. The van der Waals surface area contributed by atoms with Gasteiger partial charge in [-0.05, 0) is 13.3 Å². The van der Waals surface area contributed by atoms with E-state index in [1.807, 2.05) is 14.0 Å². The molecule has 0 unspecified atom stereocenters. The number of aromatic nitrogens is 2. The number of carbonyl (C=O) groups excluding carboxylic acids is 1. The second kappa shape index (κ2) is 1.94. The Labute approximate surface area is 65.0 Å². The molecule has 11 heavy (non-hydrogen) atoms. The van der Waals surface area contributed by atoms with Crippen LogP contribution in [0, 0.1) is 6.92 Å². The van der Waals surface area contributed by atoms with Gasteiger partial charge < -0.3 is 0 Å². The molecule has 3 nitrogen and oxygen atoms in total. The molecule has 0 spiro atoms. The lowest BCUT2D eigenvalue weighted by Gasteiger charge is -1.94. The second-order valence-corrected chi connectivity index (χ2v) is 2.96. The first-order valence-corrected chi connectivity index (χ1v) is 3.76. The number of aryl methyl sites for hydroxylation is 1. The smallest absolute Gasteiger partial charge is 0.183 e. The van der Waals surface area contributed by atoms with E-state index in [0.717, 1.165) is 17.7 Å². The molecule has 0 saturated carbocycles. The average molecular weight is 150 g/mol. The predicted molar refractivity (Wildman–Crippen MR) is 40.6 cm³/mol. The summed E-state index contributed by atoms with van der Waals surface area (Å²) >= 11 is 0. The van der Waals surface area contributed by atoms with Crippen LogP contribution in [0.1, 0.15) is 28.2 Å². The van der Waals surface area contributed by atoms with Gasteiger partial charge in [-0.3, -0.25) is 9.48 Å². The van der Waals surface area contributed by atoms with Crippen LogP contribution in [0.15, 0.2) is 0 Å². The topological polar surface area (TPSA) is 34.9 Å². The van der Waals surface area contributed by atoms with E-state index in [0.29, 0.717) is 12.1 Å². The van der Waals surface area contributed by atoms with Gasteiger partial charge in [0.25, 0.3) is 0 Å². The van der Waals surface area contributed by atoms with E-state index in [1.54, 1.807) is 4.68 Å². The highest BCUT2D eigenvalue weighted by atomic mass is 16.1. The maximum atomic E-state index is 11.2. The highest BCUT2D eigenvalue weighted by Crippen LogP contribution is 2.23. The van der Waals surface area contributed by atoms with Crippen molar-refractivity contribution in [3.63, 3.8) is 0 Å². The summed E-state index contributed by atoms with van der Waals surface area (Å²) in [6.07, 6.45) is 1.53. The number of Topliss-reactive ketones (excluding diaryl/α,β-unsaturated/α-hetero) is 1. The summed E-state index contributed by atoms with van der Waals surface area (Å²) in [4.78, 5) is 11.2. The Morgan fingerprint density at radius 2 is 2.18 bits per heavy atom. The third-order valence-corrected chi connectivity index (χ3v) is 2.32. The molecule has 1 heterocycles. The summed E-state index contributed by atoms with van der Waals surface area (Å²) < 4.78 is 1.78. The number of carbonyl (C=O) groups is 1. The van der Waals surface area contributed by atoms with Crippen LogP contribution in [0.4, 0.5) is 0 Å². The Morgan fingerprint density at radius 3 is 2.82 bits per heavy atom. The highest BCUT2D eigenvalue weighted by molar-refractivity contribution is 5.98. The molecule has 58 valence electrons. The zero-order valence-electron chi connectivity index (χ0n) is 6.72. The van der Waals surface area contributed by atoms with E-state index in [1.165, 1.54) is 0 Å². The number of rotatable bonds is 0. The lowest BCUT2D eigenvalue weighted by atomic mass is 10.2. The van der Waals surface area contributed by atoms with Crippen LogP contribution in [0.3, 0.4) is 0 Å². The summed E-state index contributed by atoms with van der Waals surface area (Å²) in [6.45, 7) is 2.00. The van der Waals surface area contributed by atoms with Gasteiger partial charge in [-0.15, -0.1) is 0 Å². The largest absolute Gasteiger partial charge is 0.292 e. The maximum Gasteiger partial charge on any atom is 0.183 e. The maximum absolute atomic E-state index is 11.2. The average Bonchev–Trinajstić information content (AvgIpc) is 2.43. The van der Waals surface area contributed by atoms with Gasteiger partial charge in [0.05, 0.1) is 0 Å². The molecule has 0 aliphatic heterocycles. The molecule has 1 aromatic rings. The molecular formula is C8H10N2O. The van der Waals surface area contributed by atoms with E-state index in [9.17, 15) is 4.79 Å². The monoisotopic (exact) mass is 150 g/mol. The lowest BCUT2D eigenvalue weighted by molar-refractivity contribution is 0.0989. The third kappa shape index (κ3) is 0.737. The van der Waals surface area contributed by atoms with Crippen molar-refractivity contribution in [1.82, 2.24) is 9.78 Å². The zero-order valence-corrected chi connectivity index (χ0v) is 6.72. The van der Waals surface area contributed by atoms with Crippen molar-refractivity contribution >= 4 is 5.78 Å². The van der Waals surface area contributed by atoms with Crippen LogP contribution in [-0.4, -0.2) is 15.6 Å². The van der Waals surface area contributed by atoms with Gasteiger partial charge in [-0.25, -0.2) is 0 Å².